The quantitative estimate of drug-likeness (QED) is 0.352. The van der Waals surface area contributed by atoms with Crippen molar-refractivity contribution >= 4 is 16.6 Å². The van der Waals surface area contributed by atoms with Crippen LogP contribution < -0.4 is 10.5 Å². The molecule has 36 heavy (non-hydrogen) atoms. The van der Waals surface area contributed by atoms with Gasteiger partial charge >= 0.3 is 6.18 Å². The summed E-state index contributed by atoms with van der Waals surface area (Å²) in [5, 5.41) is 1.21. The van der Waals surface area contributed by atoms with E-state index in [4.69, 9.17) is 4.74 Å². The van der Waals surface area contributed by atoms with Gasteiger partial charge in [-0.2, -0.15) is 13.2 Å². The highest BCUT2D eigenvalue weighted by atomic mass is 19.4. The maximum absolute atomic E-state index is 13.5. The predicted octanol–water partition coefficient (Wildman–Crippen LogP) is 5.99. The molecule has 5 rings (SSSR count). The molecule has 0 bridgehead atoms. The van der Waals surface area contributed by atoms with Crippen molar-refractivity contribution in [2.75, 3.05) is 18.0 Å². The van der Waals surface area contributed by atoms with Crippen LogP contribution in [0, 0.1) is 6.92 Å². The summed E-state index contributed by atoms with van der Waals surface area (Å²) in [6.07, 6.45) is -0.733. The summed E-state index contributed by atoms with van der Waals surface area (Å²) in [7, 11) is 0. The second kappa shape index (κ2) is 9.09. The van der Waals surface area contributed by atoms with Crippen molar-refractivity contribution in [2.45, 2.75) is 39.2 Å². The van der Waals surface area contributed by atoms with E-state index in [1.54, 1.807) is 29.1 Å². The first-order chi connectivity index (χ1) is 17.1. The van der Waals surface area contributed by atoms with E-state index in [1.165, 1.54) is 12.1 Å². The predicted molar refractivity (Wildman–Crippen MR) is 135 cm³/mol. The Morgan fingerprint density at radius 3 is 2.28 bits per heavy atom. The second-order valence-electron chi connectivity index (χ2n) is 9.33. The molecular formula is C28H26F3N3O2. The van der Waals surface area contributed by atoms with Crippen LogP contribution in [0.3, 0.4) is 0 Å². The number of morpholine rings is 1. The van der Waals surface area contributed by atoms with Gasteiger partial charge in [-0.05, 0) is 73.2 Å². The van der Waals surface area contributed by atoms with Gasteiger partial charge < -0.3 is 9.64 Å². The van der Waals surface area contributed by atoms with Crippen molar-refractivity contribution < 1.29 is 17.9 Å². The largest absolute Gasteiger partial charge is 0.416 e. The molecule has 2 aromatic carbocycles. The van der Waals surface area contributed by atoms with Crippen LogP contribution in [0.15, 0.2) is 71.8 Å². The number of pyridine rings is 2. The molecule has 2 unspecified atom stereocenters. The third-order valence-corrected chi connectivity index (χ3v) is 6.51. The molecule has 5 nitrogen and oxygen atoms in total. The smallest absolute Gasteiger partial charge is 0.372 e. The van der Waals surface area contributed by atoms with Crippen molar-refractivity contribution in [3.05, 3.63) is 88.5 Å². The van der Waals surface area contributed by atoms with Crippen LogP contribution in [0.5, 0.6) is 0 Å². The van der Waals surface area contributed by atoms with Gasteiger partial charge in [0.2, 0.25) is 0 Å². The molecule has 4 aromatic rings. The number of anilines is 1. The van der Waals surface area contributed by atoms with Crippen molar-refractivity contribution in [2.24, 2.45) is 0 Å². The van der Waals surface area contributed by atoms with E-state index >= 15 is 0 Å². The number of benzene rings is 2. The minimum Gasteiger partial charge on any atom is -0.372 e. The van der Waals surface area contributed by atoms with Gasteiger partial charge in [0.05, 0.1) is 29.7 Å². The van der Waals surface area contributed by atoms with E-state index in [0.29, 0.717) is 22.2 Å². The van der Waals surface area contributed by atoms with Gasteiger partial charge in [0.25, 0.3) is 5.56 Å². The van der Waals surface area contributed by atoms with Crippen molar-refractivity contribution in [3.8, 4) is 16.8 Å². The zero-order valence-corrected chi connectivity index (χ0v) is 20.2. The average Bonchev–Trinajstić information content (AvgIpc) is 2.85. The number of rotatable bonds is 3. The zero-order valence-electron chi connectivity index (χ0n) is 20.2. The fourth-order valence-corrected chi connectivity index (χ4v) is 4.95. The van der Waals surface area contributed by atoms with Crippen LogP contribution in [-0.4, -0.2) is 34.8 Å². The molecule has 8 heteroatoms. The van der Waals surface area contributed by atoms with Gasteiger partial charge in [0.15, 0.2) is 0 Å². The van der Waals surface area contributed by atoms with Gasteiger partial charge in [-0.15, -0.1) is 0 Å². The number of hydrogen-bond acceptors (Lipinski definition) is 4. The lowest BCUT2D eigenvalue weighted by atomic mass is 9.95. The number of aryl methyl sites for hydroxylation is 1. The van der Waals surface area contributed by atoms with E-state index in [2.05, 4.69) is 9.88 Å². The van der Waals surface area contributed by atoms with E-state index in [9.17, 15) is 18.0 Å². The Bertz CT molecular complexity index is 1450. The Morgan fingerprint density at radius 2 is 1.67 bits per heavy atom. The maximum atomic E-state index is 13.5. The molecule has 0 aliphatic carbocycles. The lowest BCUT2D eigenvalue weighted by Crippen LogP contribution is -2.45. The lowest BCUT2D eigenvalue weighted by Gasteiger charge is -2.36. The SMILES string of the molecule is Cc1cn(-c2ccc(N3CC(C)OC(C)C3)nc2)c(=O)c2cccc(-c3ccc(C(F)(F)F)cc3)c12. The molecule has 1 aliphatic rings. The minimum atomic E-state index is -4.40. The number of fused-ring (bicyclic) bond motifs is 1. The maximum Gasteiger partial charge on any atom is 0.416 e. The van der Waals surface area contributed by atoms with E-state index in [1.807, 2.05) is 39.0 Å². The summed E-state index contributed by atoms with van der Waals surface area (Å²) >= 11 is 0. The van der Waals surface area contributed by atoms with Gasteiger partial charge in [-0.3, -0.25) is 9.36 Å². The summed E-state index contributed by atoms with van der Waals surface area (Å²) in [6.45, 7) is 7.46. The molecule has 0 saturated carbocycles. The highest BCUT2D eigenvalue weighted by Gasteiger charge is 2.30. The molecule has 0 N–H and O–H groups in total. The van der Waals surface area contributed by atoms with E-state index < -0.39 is 11.7 Å². The summed E-state index contributed by atoms with van der Waals surface area (Å²) in [5.41, 5.74) is 1.89. The van der Waals surface area contributed by atoms with Gasteiger partial charge in [0.1, 0.15) is 5.82 Å². The van der Waals surface area contributed by atoms with E-state index in [0.717, 1.165) is 42.0 Å². The van der Waals surface area contributed by atoms with Gasteiger partial charge in [-0.1, -0.05) is 24.3 Å². The molecule has 0 radical (unpaired) electrons. The molecule has 0 amide bonds. The molecule has 186 valence electrons. The summed E-state index contributed by atoms with van der Waals surface area (Å²) < 4.78 is 46.4. The first-order valence-corrected chi connectivity index (χ1v) is 11.8. The number of ether oxygens (including phenoxy) is 1. The Labute approximate surface area is 206 Å². The van der Waals surface area contributed by atoms with Gasteiger partial charge in [0, 0.05) is 24.7 Å². The number of hydrogen-bond donors (Lipinski definition) is 0. The summed E-state index contributed by atoms with van der Waals surface area (Å²) in [4.78, 5) is 20.3. The minimum absolute atomic E-state index is 0.111. The highest BCUT2D eigenvalue weighted by molar-refractivity contribution is 5.98. The van der Waals surface area contributed by atoms with Crippen molar-refractivity contribution in [1.29, 1.82) is 0 Å². The first kappa shape index (κ1) is 24.1. The monoisotopic (exact) mass is 493 g/mol. The third-order valence-electron chi connectivity index (χ3n) is 6.51. The molecule has 1 saturated heterocycles. The molecule has 1 aliphatic heterocycles. The van der Waals surface area contributed by atoms with E-state index in [-0.39, 0.29) is 17.8 Å². The molecular weight excluding hydrogens is 467 g/mol. The Hall–Kier alpha value is -3.65. The normalized spacial score (nSPS) is 18.6. The second-order valence-corrected chi connectivity index (χ2v) is 9.33. The fourth-order valence-electron chi connectivity index (χ4n) is 4.95. The Balaban J connectivity index is 1.53. The Morgan fingerprint density at radius 1 is 0.972 bits per heavy atom. The van der Waals surface area contributed by atoms with Crippen molar-refractivity contribution in [1.82, 2.24) is 9.55 Å². The lowest BCUT2D eigenvalue weighted by molar-refractivity contribution is -0.137. The number of halogens is 3. The van der Waals surface area contributed by atoms with Crippen molar-refractivity contribution in [3.63, 3.8) is 0 Å². The molecule has 0 spiro atoms. The van der Waals surface area contributed by atoms with Crippen LogP contribution in [-0.2, 0) is 10.9 Å². The standard InChI is InChI=1S/C28H26F3N3O2/c1-17-14-34(22-11-12-25(32-13-22)33-15-18(2)36-19(3)16-33)27(35)24-6-4-5-23(26(17)24)20-7-9-21(10-8-20)28(29,30)31/h4-14,18-19H,15-16H2,1-3H3. The van der Waals surface area contributed by atoms with Crippen LogP contribution in [0.2, 0.25) is 0 Å². The number of nitrogens with zero attached hydrogens (tertiary/aromatic N) is 3. The summed E-state index contributed by atoms with van der Waals surface area (Å²) in [6, 6.07) is 14.1. The van der Waals surface area contributed by atoms with Crippen LogP contribution >= 0.6 is 0 Å². The molecule has 2 atom stereocenters. The topological polar surface area (TPSA) is 47.4 Å². The zero-order chi connectivity index (χ0) is 25.6. The van der Waals surface area contributed by atoms with Gasteiger partial charge in [-0.25, -0.2) is 4.98 Å². The molecule has 3 heterocycles. The van der Waals surface area contributed by atoms with Crippen LogP contribution in [0.1, 0.15) is 25.0 Å². The average molecular weight is 494 g/mol. The fraction of sp³-hybridized carbons (Fsp3) is 0.286. The molecule has 2 aromatic heterocycles. The highest BCUT2D eigenvalue weighted by Crippen LogP contribution is 2.34. The third kappa shape index (κ3) is 4.48. The number of aromatic nitrogens is 2. The number of alkyl halides is 3. The first-order valence-electron chi connectivity index (χ1n) is 11.8. The van der Waals surface area contributed by atoms with Crippen LogP contribution in [0.4, 0.5) is 19.0 Å². The summed E-state index contributed by atoms with van der Waals surface area (Å²) in [5.74, 6) is 0.830. The molecule has 1 fully saturated rings. The van der Waals surface area contributed by atoms with Crippen LogP contribution in [0.25, 0.3) is 27.6 Å². The Kier molecular flexibility index (Phi) is 6.08.